The Morgan fingerprint density at radius 3 is 2.64 bits per heavy atom. The molecule has 3 unspecified atom stereocenters. The van der Waals surface area contributed by atoms with Crippen molar-refractivity contribution in [1.29, 1.82) is 0 Å². The lowest BCUT2D eigenvalue weighted by Gasteiger charge is -2.39. The molecule has 8 nitrogen and oxygen atoms in total. The Kier molecular flexibility index (Phi) is 11.4. The minimum Gasteiger partial charge on any atom is -0.465 e. The first-order valence-corrected chi connectivity index (χ1v) is 16.2. The summed E-state index contributed by atoms with van der Waals surface area (Å²) in [5.74, 6) is -2.72. The van der Waals surface area contributed by atoms with E-state index in [1.54, 1.807) is 15.9 Å². The fourth-order valence-corrected chi connectivity index (χ4v) is 7.92. The molecule has 3 fully saturated rings. The molecule has 3 aliphatic rings. The van der Waals surface area contributed by atoms with E-state index in [0.29, 0.717) is 32.4 Å². The van der Waals surface area contributed by atoms with E-state index in [0.717, 1.165) is 37.7 Å². The quantitative estimate of drug-likeness (QED) is 0.117. The van der Waals surface area contributed by atoms with E-state index in [9.17, 15) is 19.5 Å². The molecule has 9 heteroatoms. The van der Waals surface area contributed by atoms with Crippen LogP contribution in [0.1, 0.15) is 57.4 Å². The molecule has 0 aromatic heterocycles. The van der Waals surface area contributed by atoms with Crippen LogP contribution < -0.4 is 0 Å². The highest BCUT2D eigenvalue weighted by molar-refractivity contribution is 9.09. The fraction of sp³-hybridized carbons (Fsp3) is 0.606. The number of nitrogens with zero attached hydrogens (tertiary/aromatic N) is 2. The summed E-state index contributed by atoms with van der Waals surface area (Å²) in [7, 11) is 0. The Bertz CT molecular complexity index is 1120. The Labute approximate surface area is 258 Å². The van der Waals surface area contributed by atoms with Crippen LogP contribution in [0.3, 0.4) is 0 Å². The minimum atomic E-state index is -1.20. The van der Waals surface area contributed by atoms with Gasteiger partial charge in [0, 0.05) is 17.9 Å². The number of esters is 1. The van der Waals surface area contributed by atoms with Crippen molar-refractivity contribution in [3.05, 3.63) is 61.2 Å². The number of carbonyl (C=O) groups excluding carboxylic acids is 3. The molecule has 2 bridgehead atoms. The van der Waals surface area contributed by atoms with Gasteiger partial charge in [0.25, 0.3) is 0 Å². The van der Waals surface area contributed by atoms with Crippen molar-refractivity contribution in [2.45, 2.75) is 86.9 Å². The van der Waals surface area contributed by atoms with Crippen molar-refractivity contribution in [1.82, 2.24) is 9.80 Å². The van der Waals surface area contributed by atoms with E-state index in [1.807, 2.05) is 36.4 Å². The van der Waals surface area contributed by atoms with Gasteiger partial charge in [0.2, 0.25) is 11.8 Å². The highest BCUT2D eigenvalue weighted by atomic mass is 79.9. The topological polar surface area (TPSA) is 96.4 Å². The number of halogens is 1. The van der Waals surface area contributed by atoms with Gasteiger partial charge in [-0.05, 0) is 44.1 Å². The first kappa shape index (κ1) is 32.4. The molecular weight excluding hydrogens is 600 g/mol. The number of carbonyl (C=O) groups is 3. The second-order valence-corrected chi connectivity index (χ2v) is 12.8. The van der Waals surface area contributed by atoms with Gasteiger partial charge in [0.1, 0.15) is 11.6 Å². The first-order chi connectivity index (χ1) is 20.3. The van der Waals surface area contributed by atoms with Crippen LogP contribution in [0.5, 0.6) is 0 Å². The zero-order valence-corrected chi connectivity index (χ0v) is 26.3. The second-order valence-electron chi connectivity index (χ2n) is 11.7. The van der Waals surface area contributed by atoms with Gasteiger partial charge in [0.05, 0.1) is 37.2 Å². The third-order valence-electron chi connectivity index (χ3n) is 8.89. The molecule has 42 heavy (non-hydrogen) atoms. The summed E-state index contributed by atoms with van der Waals surface area (Å²) in [5.41, 5.74) is -0.261. The van der Waals surface area contributed by atoms with Gasteiger partial charge in [-0.3, -0.25) is 14.4 Å². The van der Waals surface area contributed by atoms with E-state index in [2.05, 4.69) is 36.0 Å². The summed E-state index contributed by atoms with van der Waals surface area (Å²) in [6.45, 7) is 10.5. The van der Waals surface area contributed by atoms with Crippen LogP contribution in [0.4, 0.5) is 0 Å². The van der Waals surface area contributed by atoms with Gasteiger partial charge >= 0.3 is 5.97 Å². The number of hydrogen-bond donors (Lipinski definition) is 1. The predicted octanol–water partition coefficient (Wildman–Crippen LogP) is 4.44. The van der Waals surface area contributed by atoms with E-state index in [1.165, 1.54) is 0 Å². The molecule has 4 rings (SSSR count). The molecule has 230 valence electrons. The van der Waals surface area contributed by atoms with Crippen LogP contribution in [0, 0.1) is 11.8 Å². The van der Waals surface area contributed by atoms with Crippen molar-refractivity contribution in [2.24, 2.45) is 11.8 Å². The molecule has 2 amide bonds. The number of benzene rings is 1. The summed E-state index contributed by atoms with van der Waals surface area (Å²) in [6.07, 6.45) is 8.92. The predicted molar refractivity (Wildman–Crippen MR) is 165 cm³/mol. The normalized spacial score (nSPS) is 28.4. The van der Waals surface area contributed by atoms with E-state index in [-0.39, 0.29) is 29.9 Å². The molecule has 1 aromatic carbocycles. The zero-order valence-electron chi connectivity index (χ0n) is 24.7. The highest BCUT2D eigenvalue weighted by Gasteiger charge is 2.77. The molecule has 0 radical (unpaired) electrons. The van der Waals surface area contributed by atoms with Crippen molar-refractivity contribution in [3.63, 3.8) is 0 Å². The van der Waals surface area contributed by atoms with Gasteiger partial charge in [-0.1, -0.05) is 78.2 Å². The molecule has 3 heterocycles. The molecule has 1 N–H and O–H groups in total. The van der Waals surface area contributed by atoms with Crippen LogP contribution in [0.2, 0.25) is 0 Å². The number of aliphatic hydroxyl groups is 1. The minimum absolute atomic E-state index is 0.218. The number of allylic oxidation sites excluding steroid dienone is 1. The van der Waals surface area contributed by atoms with Crippen molar-refractivity contribution >= 4 is 33.7 Å². The maximum absolute atomic E-state index is 14.5. The van der Waals surface area contributed by atoms with Crippen molar-refractivity contribution < 1.29 is 29.0 Å². The highest BCUT2D eigenvalue weighted by Crippen LogP contribution is 2.60. The Hall–Kier alpha value is -2.49. The van der Waals surface area contributed by atoms with Crippen LogP contribution in [0.25, 0.3) is 0 Å². The van der Waals surface area contributed by atoms with E-state index in [4.69, 9.17) is 9.47 Å². The molecule has 1 aromatic rings. The third-order valence-corrected chi connectivity index (χ3v) is 9.74. The van der Waals surface area contributed by atoms with Crippen LogP contribution in [-0.2, 0) is 30.3 Å². The zero-order chi connectivity index (χ0) is 30.3. The summed E-state index contributed by atoms with van der Waals surface area (Å²) in [6, 6.07) is 7.97. The third kappa shape index (κ3) is 6.38. The Balaban J connectivity index is 1.70. The molecule has 3 aliphatic heterocycles. The number of unbranched alkanes of at least 4 members (excludes halogenated alkanes) is 4. The summed E-state index contributed by atoms with van der Waals surface area (Å²) < 4.78 is 12.3. The molecular formula is C33H45BrN2O6. The number of rotatable bonds is 17. The summed E-state index contributed by atoms with van der Waals surface area (Å²) >= 11 is 3.72. The van der Waals surface area contributed by atoms with E-state index < -0.39 is 41.6 Å². The maximum Gasteiger partial charge on any atom is 0.312 e. The molecule has 1 spiro atoms. The van der Waals surface area contributed by atoms with Crippen molar-refractivity contribution in [3.8, 4) is 0 Å². The van der Waals surface area contributed by atoms with Gasteiger partial charge in [-0.15, -0.1) is 13.2 Å². The summed E-state index contributed by atoms with van der Waals surface area (Å²) in [4.78, 5) is 45.6. The van der Waals surface area contributed by atoms with Crippen LogP contribution >= 0.6 is 15.9 Å². The number of hydrogen-bond acceptors (Lipinski definition) is 6. The van der Waals surface area contributed by atoms with Crippen LogP contribution in [-0.4, -0.2) is 87.6 Å². The van der Waals surface area contributed by atoms with Gasteiger partial charge in [0.15, 0.2) is 0 Å². The maximum atomic E-state index is 14.5. The Morgan fingerprint density at radius 1 is 1.21 bits per heavy atom. The molecule has 7 atom stereocenters. The number of amides is 2. The van der Waals surface area contributed by atoms with Crippen molar-refractivity contribution in [2.75, 3.05) is 26.3 Å². The number of aliphatic hydroxyl groups excluding tert-OH is 1. The Morgan fingerprint density at radius 2 is 1.98 bits per heavy atom. The molecule has 0 saturated carbocycles. The first-order valence-electron chi connectivity index (χ1n) is 15.3. The second kappa shape index (κ2) is 14.8. The molecule has 3 saturated heterocycles. The largest absolute Gasteiger partial charge is 0.465 e. The molecule has 0 aliphatic carbocycles. The van der Waals surface area contributed by atoms with Gasteiger partial charge < -0.3 is 24.4 Å². The number of alkyl halides is 1. The van der Waals surface area contributed by atoms with E-state index >= 15 is 0 Å². The van der Waals surface area contributed by atoms with Crippen LogP contribution in [0.15, 0.2) is 55.6 Å². The van der Waals surface area contributed by atoms with Gasteiger partial charge in [-0.2, -0.15) is 0 Å². The lowest BCUT2D eigenvalue weighted by molar-refractivity contribution is -0.156. The fourth-order valence-electron chi connectivity index (χ4n) is 6.98. The summed E-state index contributed by atoms with van der Waals surface area (Å²) in [5, 5.41) is 10.6. The standard InChI is InChI=1S/C33H45BrN2O6/c1-4-7-9-14-19-41-32(40)26-27-30(38)36(24(22-37)20-23-15-11-10-12-16-23)29(33(27)21-25(34)28(26)42-33)31(39)35(17-6-3)18-13-8-5-2/h4,6,10-12,15-16,24-29,37H,1,3,5,7-9,13-14,17-22H2,2H3/t24-,25?,26+,27+,28+,29?,33?/m1/s1. The number of ether oxygens (including phenoxy) is 2. The average molecular weight is 646 g/mol. The lowest BCUT2D eigenvalue weighted by Crippen LogP contribution is -2.59. The van der Waals surface area contributed by atoms with Gasteiger partial charge in [-0.25, -0.2) is 0 Å². The lowest BCUT2D eigenvalue weighted by atomic mass is 9.70. The number of likely N-dealkylation sites (tertiary alicyclic amines) is 1. The average Bonchev–Trinajstić information content (AvgIpc) is 3.59. The number of fused-ring (bicyclic) bond motifs is 1. The SMILES string of the molecule is C=CCCCCOC(=O)[C@H]1[C@H]2C(=O)N([C@@H](CO)Cc3ccccc3)C(C(=O)N(CC=C)CCCCC)C23CC(Br)[C@@H]1O3. The monoisotopic (exact) mass is 644 g/mol. The smallest absolute Gasteiger partial charge is 0.312 e.